The molecule has 1 fully saturated rings. The second kappa shape index (κ2) is 4.89. The highest BCUT2D eigenvalue weighted by atomic mass is 35.5. The number of hydrogen-bond acceptors (Lipinski definition) is 5. The molecule has 0 bridgehead atoms. The summed E-state index contributed by atoms with van der Waals surface area (Å²) in [5, 5.41) is 9.96. The largest absolute Gasteiger partial charge is 0.465 e. The van der Waals surface area contributed by atoms with Gasteiger partial charge in [-0.05, 0) is 25.0 Å². The monoisotopic (exact) mass is 256 g/mol. The summed E-state index contributed by atoms with van der Waals surface area (Å²) in [6.45, 7) is 0.703. The molecule has 0 saturated carbocycles. The van der Waals surface area contributed by atoms with Gasteiger partial charge in [0.25, 0.3) is 0 Å². The van der Waals surface area contributed by atoms with Crippen LogP contribution in [0.15, 0.2) is 12.1 Å². The van der Waals surface area contributed by atoms with Crippen LogP contribution in [0.3, 0.4) is 0 Å². The van der Waals surface area contributed by atoms with Crippen LogP contribution in [0.2, 0.25) is 5.15 Å². The predicted octanol–water partition coefficient (Wildman–Crippen LogP) is 1.44. The molecule has 1 unspecified atom stereocenters. The maximum atomic E-state index is 11.4. The zero-order valence-corrected chi connectivity index (χ0v) is 10.1. The van der Waals surface area contributed by atoms with E-state index in [1.807, 2.05) is 0 Å². The smallest absolute Gasteiger partial charge is 0.338 e. The van der Waals surface area contributed by atoms with Gasteiger partial charge < -0.3 is 14.7 Å². The van der Waals surface area contributed by atoms with Gasteiger partial charge in [-0.1, -0.05) is 11.6 Å². The number of methoxy groups -OCH3 is 1. The van der Waals surface area contributed by atoms with Gasteiger partial charge in [0.15, 0.2) is 0 Å². The molecule has 17 heavy (non-hydrogen) atoms. The molecular formula is C11H13ClN2O3. The molecular weight excluding hydrogens is 244 g/mol. The Labute approximate surface area is 104 Å². The number of esters is 1. The van der Waals surface area contributed by atoms with Gasteiger partial charge in [-0.2, -0.15) is 0 Å². The number of ether oxygens (including phenoxy) is 1. The Hall–Kier alpha value is -1.33. The van der Waals surface area contributed by atoms with E-state index >= 15 is 0 Å². The van der Waals surface area contributed by atoms with Gasteiger partial charge in [0.2, 0.25) is 0 Å². The minimum absolute atomic E-state index is 0.210. The van der Waals surface area contributed by atoms with Crippen LogP contribution in [-0.2, 0) is 4.74 Å². The molecule has 1 aliphatic rings. The third-order valence-electron chi connectivity index (χ3n) is 2.72. The minimum Gasteiger partial charge on any atom is -0.465 e. The van der Waals surface area contributed by atoms with Crippen molar-refractivity contribution in [1.29, 1.82) is 0 Å². The Morgan fingerprint density at radius 1 is 1.65 bits per heavy atom. The zero-order chi connectivity index (χ0) is 12.4. The van der Waals surface area contributed by atoms with Crippen molar-refractivity contribution in [2.24, 2.45) is 0 Å². The van der Waals surface area contributed by atoms with Gasteiger partial charge in [-0.25, -0.2) is 9.78 Å². The molecule has 0 spiro atoms. The third kappa shape index (κ3) is 2.50. The highest BCUT2D eigenvalue weighted by molar-refractivity contribution is 6.29. The van der Waals surface area contributed by atoms with Gasteiger partial charge in [0, 0.05) is 6.54 Å². The highest BCUT2D eigenvalue weighted by Gasteiger charge is 2.24. The fourth-order valence-electron chi connectivity index (χ4n) is 1.88. The topological polar surface area (TPSA) is 62.7 Å². The fraction of sp³-hybridized carbons (Fsp3) is 0.455. The number of anilines is 1. The number of nitrogens with zero attached hydrogens (tertiary/aromatic N) is 2. The van der Waals surface area contributed by atoms with Crippen molar-refractivity contribution in [2.75, 3.05) is 18.6 Å². The number of carbonyl (C=O) groups is 1. The summed E-state index contributed by atoms with van der Waals surface area (Å²) in [5.41, 5.74) is 0.335. The van der Waals surface area contributed by atoms with E-state index in [1.165, 1.54) is 13.2 Å². The lowest BCUT2D eigenvalue weighted by Crippen LogP contribution is -2.29. The first-order chi connectivity index (χ1) is 8.11. The molecule has 0 aliphatic carbocycles. The first-order valence-corrected chi connectivity index (χ1v) is 5.70. The molecule has 1 aromatic rings. The van der Waals surface area contributed by atoms with E-state index in [-0.39, 0.29) is 5.15 Å². The molecule has 0 radical (unpaired) electrons. The molecule has 1 aromatic heterocycles. The molecule has 2 heterocycles. The summed E-state index contributed by atoms with van der Waals surface area (Å²) in [4.78, 5) is 17.3. The van der Waals surface area contributed by atoms with Crippen LogP contribution in [0, 0.1) is 0 Å². The van der Waals surface area contributed by atoms with Crippen molar-refractivity contribution in [2.45, 2.75) is 19.1 Å². The third-order valence-corrected chi connectivity index (χ3v) is 2.91. The number of carbonyl (C=O) groups excluding carboxylic acids is 1. The molecule has 6 heteroatoms. The lowest BCUT2D eigenvalue weighted by Gasteiger charge is -2.21. The maximum Gasteiger partial charge on any atom is 0.338 e. The fourth-order valence-corrected chi connectivity index (χ4v) is 2.09. The molecule has 1 aliphatic heterocycles. The Morgan fingerprint density at radius 2 is 2.41 bits per heavy atom. The highest BCUT2D eigenvalue weighted by Crippen LogP contribution is 2.25. The Balaban J connectivity index is 2.34. The van der Waals surface area contributed by atoms with E-state index in [4.69, 9.17) is 11.6 Å². The molecule has 0 amide bonds. The van der Waals surface area contributed by atoms with E-state index in [0.29, 0.717) is 24.3 Å². The maximum absolute atomic E-state index is 11.4. The summed E-state index contributed by atoms with van der Waals surface area (Å²) in [6.07, 6.45) is 1.02. The molecule has 5 nitrogen and oxygen atoms in total. The van der Waals surface area contributed by atoms with E-state index in [9.17, 15) is 9.90 Å². The lowest BCUT2D eigenvalue weighted by atomic mass is 10.2. The van der Waals surface area contributed by atoms with Gasteiger partial charge in [-0.15, -0.1) is 0 Å². The predicted molar refractivity (Wildman–Crippen MR) is 63.2 cm³/mol. The van der Waals surface area contributed by atoms with E-state index in [2.05, 4.69) is 9.72 Å². The van der Waals surface area contributed by atoms with Crippen molar-refractivity contribution in [1.82, 2.24) is 4.98 Å². The van der Waals surface area contributed by atoms with Crippen molar-refractivity contribution in [3.05, 3.63) is 22.8 Å². The summed E-state index contributed by atoms with van der Waals surface area (Å²) in [7, 11) is 1.31. The molecule has 1 atom stereocenters. The first-order valence-electron chi connectivity index (χ1n) is 5.32. The second-order valence-corrected chi connectivity index (χ2v) is 4.23. The number of aromatic nitrogens is 1. The van der Waals surface area contributed by atoms with Gasteiger partial charge >= 0.3 is 5.97 Å². The molecule has 0 aromatic carbocycles. The molecule has 1 saturated heterocycles. The van der Waals surface area contributed by atoms with Crippen LogP contribution in [0.25, 0.3) is 0 Å². The lowest BCUT2D eigenvalue weighted by molar-refractivity contribution is 0.0600. The second-order valence-electron chi connectivity index (χ2n) is 3.84. The van der Waals surface area contributed by atoms with Gasteiger partial charge in [0.1, 0.15) is 17.2 Å². The van der Waals surface area contributed by atoms with Gasteiger partial charge in [0.05, 0.1) is 12.7 Å². The van der Waals surface area contributed by atoms with Crippen molar-refractivity contribution < 1.29 is 14.6 Å². The normalized spacial score (nSPS) is 19.5. The summed E-state index contributed by atoms with van der Waals surface area (Å²) >= 11 is 5.85. The van der Waals surface area contributed by atoms with Crippen LogP contribution in [-0.4, -0.2) is 35.9 Å². The number of rotatable bonds is 2. The first kappa shape index (κ1) is 12.1. The summed E-state index contributed by atoms with van der Waals surface area (Å²) in [6, 6.07) is 3.02. The standard InChI is InChI=1S/C11H13ClN2O3/c1-17-11(16)7-5-8(12)13-9(6-7)14-4-2-3-10(14)15/h5-6,10,15H,2-4H2,1H3. The van der Waals surface area contributed by atoms with Crippen molar-refractivity contribution in [3.63, 3.8) is 0 Å². The van der Waals surface area contributed by atoms with E-state index in [1.54, 1.807) is 11.0 Å². The summed E-state index contributed by atoms with van der Waals surface area (Å²) in [5.74, 6) is 0.0344. The quantitative estimate of drug-likeness (QED) is 0.641. The molecule has 2 rings (SSSR count). The van der Waals surface area contributed by atoms with Gasteiger partial charge in [-0.3, -0.25) is 0 Å². The van der Waals surface area contributed by atoms with E-state index in [0.717, 1.165) is 6.42 Å². The Bertz CT molecular complexity index is 439. The molecule has 92 valence electrons. The number of halogens is 1. The minimum atomic E-state index is -0.563. The van der Waals surface area contributed by atoms with Crippen LogP contribution in [0.1, 0.15) is 23.2 Å². The number of aliphatic hydroxyl groups excluding tert-OH is 1. The average Bonchev–Trinajstić information content (AvgIpc) is 2.73. The number of hydrogen-bond donors (Lipinski definition) is 1. The number of aliphatic hydroxyl groups is 1. The molecule has 1 N–H and O–H groups in total. The Kier molecular flexibility index (Phi) is 3.49. The average molecular weight is 257 g/mol. The van der Waals surface area contributed by atoms with Crippen LogP contribution in [0.5, 0.6) is 0 Å². The van der Waals surface area contributed by atoms with E-state index < -0.39 is 12.2 Å². The summed E-state index contributed by atoms with van der Waals surface area (Å²) < 4.78 is 4.63. The van der Waals surface area contributed by atoms with Crippen molar-refractivity contribution in [3.8, 4) is 0 Å². The van der Waals surface area contributed by atoms with Crippen molar-refractivity contribution >= 4 is 23.4 Å². The number of pyridine rings is 1. The van der Waals surface area contributed by atoms with Crippen LogP contribution in [0.4, 0.5) is 5.82 Å². The van der Waals surface area contributed by atoms with Crippen LogP contribution >= 0.6 is 11.6 Å². The zero-order valence-electron chi connectivity index (χ0n) is 9.39. The Morgan fingerprint density at radius 3 is 3.00 bits per heavy atom. The SMILES string of the molecule is COC(=O)c1cc(Cl)nc(N2CCCC2O)c1. The van der Waals surface area contributed by atoms with Crippen LogP contribution < -0.4 is 4.90 Å².